The van der Waals surface area contributed by atoms with Gasteiger partial charge in [-0.2, -0.15) is 0 Å². The number of hydrogen-bond acceptors (Lipinski definition) is 4. The summed E-state index contributed by atoms with van der Waals surface area (Å²) in [7, 11) is 1.70. The van der Waals surface area contributed by atoms with Crippen LogP contribution in [0.5, 0.6) is 0 Å². The molecule has 0 radical (unpaired) electrons. The molecule has 2 atom stereocenters. The monoisotopic (exact) mass is 204 g/mol. The summed E-state index contributed by atoms with van der Waals surface area (Å²) in [5, 5.41) is 12.2. The van der Waals surface area contributed by atoms with Crippen LogP contribution in [0.4, 0.5) is 0 Å². The fourth-order valence-electron chi connectivity index (χ4n) is 1.24. The third-order valence-electron chi connectivity index (χ3n) is 2.19. The van der Waals surface area contributed by atoms with E-state index in [1.807, 2.05) is 6.92 Å². The van der Waals surface area contributed by atoms with Crippen LogP contribution in [0.15, 0.2) is 0 Å². The third kappa shape index (κ3) is 7.26. The van der Waals surface area contributed by atoms with E-state index >= 15 is 0 Å². The average Bonchev–Trinajstić information content (AvgIpc) is 2.21. The fourth-order valence-corrected chi connectivity index (χ4v) is 1.24. The summed E-state index contributed by atoms with van der Waals surface area (Å²) in [4.78, 5) is 0. The van der Waals surface area contributed by atoms with Crippen molar-refractivity contribution in [1.29, 1.82) is 0 Å². The molecule has 4 nitrogen and oxygen atoms in total. The molecule has 0 aliphatic rings. The predicted molar refractivity (Wildman–Crippen MR) is 58.2 cm³/mol. The average molecular weight is 204 g/mol. The summed E-state index contributed by atoms with van der Waals surface area (Å²) in [5.74, 6) is 0.298. The van der Waals surface area contributed by atoms with Crippen molar-refractivity contribution >= 4 is 0 Å². The molecule has 0 aromatic rings. The minimum Gasteiger partial charge on any atom is -0.396 e. The lowest BCUT2D eigenvalue weighted by molar-refractivity contribution is 0.154. The lowest BCUT2D eigenvalue weighted by atomic mass is 10.1. The predicted octanol–water partition coefficient (Wildman–Crippen LogP) is -0.0417. The van der Waals surface area contributed by atoms with Crippen LogP contribution in [0.1, 0.15) is 19.8 Å². The Kier molecular flexibility index (Phi) is 9.29. The molecule has 0 aromatic carbocycles. The van der Waals surface area contributed by atoms with Crippen LogP contribution in [0.2, 0.25) is 0 Å². The molecule has 0 bridgehead atoms. The van der Waals surface area contributed by atoms with Crippen molar-refractivity contribution < 1.29 is 9.84 Å². The van der Waals surface area contributed by atoms with Gasteiger partial charge in [-0.3, -0.25) is 0 Å². The Bertz CT molecular complexity index is 123. The number of rotatable bonds is 9. The number of nitrogens with one attached hydrogen (secondary N) is 1. The van der Waals surface area contributed by atoms with Crippen molar-refractivity contribution in [1.82, 2.24) is 5.32 Å². The van der Waals surface area contributed by atoms with Crippen LogP contribution in [0, 0.1) is 5.92 Å². The molecule has 0 rings (SSSR count). The van der Waals surface area contributed by atoms with Gasteiger partial charge < -0.3 is 20.9 Å². The van der Waals surface area contributed by atoms with Gasteiger partial charge in [-0.15, -0.1) is 0 Å². The lowest BCUT2D eigenvalue weighted by Crippen LogP contribution is -2.37. The Morgan fingerprint density at radius 2 is 2.21 bits per heavy atom. The first kappa shape index (κ1) is 13.8. The Morgan fingerprint density at radius 1 is 1.50 bits per heavy atom. The Balaban J connectivity index is 3.60. The Labute approximate surface area is 86.8 Å². The van der Waals surface area contributed by atoms with Crippen molar-refractivity contribution in [3.8, 4) is 0 Å². The number of ether oxygens (including phenoxy) is 1. The summed E-state index contributed by atoms with van der Waals surface area (Å²) < 4.78 is 5.10. The SMILES string of the molecule is COCC(CCCN)NCC(C)CO. The molecule has 0 fully saturated rings. The Hall–Kier alpha value is -0.160. The van der Waals surface area contributed by atoms with Gasteiger partial charge in [-0.1, -0.05) is 6.92 Å². The molecular weight excluding hydrogens is 180 g/mol. The smallest absolute Gasteiger partial charge is 0.0615 e. The summed E-state index contributed by atoms with van der Waals surface area (Å²) in [6, 6.07) is 0.359. The van der Waals surface area contributed by atoms with Gasteiger partial charge in [0.2, 0.25) is 0 Å². The molecule has 86 valence electrons. The lowest BCUT2D eigenvalue weighted by Gasteiger charge is -2.19. The largest absolute Gasteiger partial charge is 0.396 e. The number of hydrogen-bond donors (Lipinski definition) is 3. The second kappa shape index (κ2) is 9.40. The van der Waals surface area contributed by atoms with Gasteiger partial charge in [0.1, 0.15) is 0 Å². The molecule has 0 aromatic heterocycles. The summed E-state index contributed by atoms with van der Waals surface area (Å²) in [5.41, 5.74) is 5.45. The first-order valence-corrected chi connectivity index (χ1v) is 5.27. The highest BCUT2D eigenvalue weighted by Crippen LogP contribution is 1.98. The maximum Gasteiger partial charge on any atom is 0.0615 e. The van der Waals surface area contributed by atoms with Gasteiger partial charge >= 0.3 is 0 Å². The van der Waals surface area contributed by atoms with Crippen LogP contribution in [0.3, 0.4) is 0 Å². The number of aliphatic hydroxyl groups is 1. The highest BCUT2D eigenvalue weighted by Gasteiger charge is 2.08. The molecule has 2 unspecified atom stereocenters. The van der Waals surface area contributed by atoms with Crippen molar-refractivity contribution in [2.75, 3.05) is 33.4 Å². The zero-order valence-electron chi connectivity index (χ0n) is 9.33. The van der Waals surface area contributed by atoms with E-state index in [4.69, 9.17) is 15.6 Å². The Morgan fingerprint density at radius 3 is 2.71 bits per heavy atom. The maximum atomic E-state index is 8.86. The van der Waals surface area contributed by atoms with Crippen molar-refractivity contribution in [2.24, 2.45) is 11.7 Å². The van der Waals surface area contributed by atoms with Gasteiger partial charge in [0.05, 0.1) is 6.61 Å². The third-order valence-corrected chi connectivity index (χ3v) is 2.19. The second-order valence-electron chi connectivity index (χ2n) is 3.78. The normalized spacial score (nSPS) is 15.4. The van der Waals surface area contributed by atoms with E-state index in [2.05, 4.69) is 5.32 Å². The minimum atomic E-state index is 0.226. The topological polar surface area (TPSA) is 67.5 Å². The summed E-state index contributed by atoms with van der Waals surface area (Å²) in [6.07, 6.45) is 2.04. The van der Waals surface area contributed by atoms with Crippen LogP contribution < -0.4 is 11.1 Å². The molecule has 0 heterocycles. The van der Waals surface area contributed by atoms with Gasteiger partial charge in [0, 0.05) is 26.3 Å². The zero-order valence-corrected chi connectivity index (χ0v) is 9.33. The molecule has 0 saturated carbocycles. The molecule has 0 amide bonds. The van der Waals surface area contributed by atoms with E-state index in [1.54, 1.807) is 7.11 Å². The van der Waals surface area contributed by atoms with Crippen molar-refractivity contribution in [3.63, 3.8) is 0 Å². The standard InChI is InChI=1S/C10H24N2O2/c1-9(7-13)6-12-10(8-14-2)4-3-5-11/h9-10,12-13H,3-8,11H2,1-2H3. The van der Waals surface area contributed by atoms with E-state index in [-0.39, 0.29) is 6.61 Å². The molecule has 0 spiro atoms. The highest BCUT2D eigenvalue weighted by molar-refractivity contribution is 4.68. The van der Waals surface area contributed by atoms with Crippen molar-refractivity contribution in [3.05, 3.63) is 0 Å². The summed E-state index contributed by atoms with van der Waals surface area (Å²) >= 11 is 0. The van der Waals surface area contributed by atoms with Crippen LogP contribution in [-0.2, 0) is 4.74 Å². The van der Waals surface area contributed by atoms with Crippen LogP contribution in [-0.4, -0.2) is 44.6 Å². The molecule has 4 heteroatoms. The van der Waals surface area contributed by atoms with Crippen LogP contribution in [0.25, 0.3) is 0 Å². The van der Waals surface area contributed by atoms with E-state index < -0.39 is 0 Å². The number of aliphatic hydroxyl groups excluding tert-OH is 1. The first-order chi connectivity index (χ1) is 6.74. The van der Waals surface area contributed by atoms with E-state index in [0.717, 1.165) is 25.9 Å². The highest BCUT2D eigenvalue weighted by atomic mass is 16.5. The molecule has 0 aliphatic carbocycles. The zero-order chi connectivity index (χ0) is 10.8. The number of methoxy groups -OCH3 is 1. The van der Waals surface area contributed by atoms with E-state index in [1.165, 1.54) is 0 Å². The van der Waals surface area contributed by atoms with E-state index in [0.29, 0.717) is 18.6 Å². The van der Waals surface area contributed by atoms with Gasteiger partial charge in [-0.25, -0.2) is 0 Å². The van der Waals surface area contributed by atoms with E-state index in [9.17, 15) is 0 Å². The molecule has 0 aliphatic heterocycles. The quantitative estimate of drug-likeness (QED) is 0.493. The fraction of sp³-hybridized carbons (Fsp3) is 1.00. The first-order valence-electron chi connectivity index (χ1n) is 5.27. The maximum absolute atomic E-state index is 8.86. The van der Waals surface area contributed by atoms with Gasteiger partial charge in [0.15, 0.2) is 0 Å². The van der Waals surface area contributed by atoms with Crippen molar-refractivity contribution in [2.45, 2.75) is 25.8 Å². The molecule has 14 heavy (non-hydrogen) atoms. The summed E-state index contributed by atoms with van der Waals surface area (Å²) in [6.45, 7) is 4.49. The second-order valence-corrected chi connectivity index (χ2v) is 3.78. The molecular formula is C10H24N2O2. The number of nitrogens with two attached hydrogens (primary N) is 1. The van der Waals surface area contributed by atoms with Crippen LogP contribution >= 0.6 is 0 Å². The minimum absolute atomic E-state index is 0.226. The molecule has 4 N–H and O–H groups in total. The molecule has 0 saturated heterocycles. The van der Waals surface area contributed by atoms with Gasteiger partial charge in [-0.05, 0) is 25.3 Å². The van der Waals surface area contributed by atoms with Gasteiger partial charge in [0.25, 0.3) is 0 Å².